The van der Waals surface area contributed by atoms with Crippen LogP contribution in [-0.4, -0.2) is 66.2 Å². The van der Waals surface area contributed by atoms with Crippen molar-refractivity contribution >= 4 is 33.7 Å². The largest absolute Gasteiger partial charge is 0.457 e. The highest BCUT2D eigenvalue weighted by Gasteiger charge is 2.67. The van der Waals surface area contributed by atoms with Crippen LogP contribution in [-0.2, 0) is 29.1 Å². The zero-order chi connectivity index (χ0) is 15.4. The molecule has 7 nitrogen and oxygen atoms in total. The first-order chi connectivity index (χ1) is 9.86. The number of hydrogen-bond acceptors (Lipinski definition) is 7. The van der Waals surface area contributed by atoms with Gasteiger partial charge >= 0.3 is 11.9 Å². The molecule has 0 aromatic carbocycles. The molecule has 0 saturated carbocycles. The summed E-state index contributed by atoms with van der Waals surface area (Å²) in [7, 11) is -1.76. The number of esters is 2. The Morgan fingerprint density at radius 2 is 2.19 bits per heavy atom. The highest BCUT2D eigenvalue weighted by molar-refractivity contribution is 8.03. The smallest absolute Gasteiger partial charge is 0.344 e. The molecular weight excluding hydrogens is 318 g/mol. The van der Waals surface area contributed by atoms with Gasteiger partial charge in [0.2, 0.25) is 10.0 Å². The molecule has 0 aromatic heterocycles. The molecule has 0 aliphatic carbocycles. The minimum absolute atomic E-state index is 0.0104. The lowest BCUT2D eigenvalue weighted by Gasteiger charge is -2.27. The van der Waals surface area contributed by atoms with E-state index in [1.54, 1.807) is 11.8 Å². The number of carbonyl (C=O) groups is 2. The molecule has 3 aliphatic heterocycles. The Morgan fingerprint density at radius 1 is 1.48 bits per heavy atom. The molecule has 9 heteroatoms. The SMILES string of the molecule is C=CC(=O)OCC(=O)OC1C2CC3C(S2)C1N(C)S3(=O)=O. The molecule has 3 saturated heterocycles. The molecule has 0 spiro atoms. The van der Waals surface area contributed by atoms with E-state index >= 15 is 0 Å². The van der Waals surface area contributed by atoms with Crippen molar-refractivity contribution in [3.05, 3.63) is 12.7 Å². The molecule has 3 heterocycles. The molecule has 3 fully saturated rings. The minimum atomic E-state index is -3.29. The summed E-state index contributed by atoms with van der Waals surface area (Å²) in [5, 5.41) is -0.418. The summed E-state index contributed by atoms with van der Waals surface area (Å²) in [6, 6.07) is -0.317. The molecule has 0 radical (unpaired) electrons. The predicted molar refractivity (Wildman–Crippen MR) is 75.1 cm³/mol. The summed E-state index contributed by atoms with van der Waals surface area (Å²) in [5.74, 6) is -1.37. The van der Waals surface area contributed by atoms with Crippen LogP contribution in [0.1, 0.15) is 6.42 Å². The van der Waals surface area contributed by atoms with Crippen LogP contribution in [0.3, 0.4) is 0 Å². The average Bonchev–Trinajstić information content (AvgIpc) is 3.05. The lowest BCUT2D eigenvalue weighted by Crippen LogP contribution is -2.46. The Labute approximate surface area is 126 Å². The Hall–Kier alpha value is -1.06. The maximum atomic E-state index is 12.2. The first-order valence-electron chi connectivity index (χ1n) is 6.47. The number of sulfonamides is 1. The molecule has 3 aliphatic rings. The second-order valence-corrected chi connectivity index (χ2v) is 8.86. The summed E-state index contributed by atoms with van der Waals surface area (Å²) >= 11 is 1.57. The van der Waals surface area contributed by atoms with E-state index in [0.717, 1.165) is 6.08 Å². The highest BCUT2D eigenvalue weighted by atomic mass is 32.2. The Bertz CT molecular complexity index is 603. The van der Waals surface area contributed by atoms with E-state index in [4.69, 9.17) is 4.74 Å². The van der Waals surface area contributed by atoms with E-state index < -0.39 is 34.7 Å². The standard InChI is InChI=1S/C12H15NO6S2/c1-3-8(14)18-5-9(15)19-11-6-4-7-12(20-6)10(11)13(2)21(7,16)17/h3,6-7,10-12H,1,4-5H2,2H3. The normalized spacial score (nSPS) is 39.2. The van der Waals surface area contributed by atoms with Gasteiger partial charge in [0.1, 0.15) is 6.10 Å². The van der Waals surface area contributed by atoms with Gasteiger partial charge in [-0.1, -0.05) is 6.58 Å². The summed E-state index contributed by atoms with van der Waals surface area (Å²) in [4.78, 5) is 22.6. The summed E-state index contributed by atoms with van der Waals surface area (Å²) in [6.45, 7) is 2.74. The summed E-state index contributed by atoms with van der Waals surface area (Å²) in [5.41, 5.74) is 0. The van der Waals surface area contributed by atoms with E-state index in [1.807, 2.05) is 0 Å². The first kappa shape index (κ1) is 14.9. The van der Waals surface area contributed by atoms with E-state index in [1.165, 1.54) is 11.4 Å². The molecule has 0 N–H and O–H groups in total. The van der Waals surface area contributed by atoms with Gasteiger partial charge < -0.3 is 9.47 Å². The number of carbonyl (C=O) groups excluding carboxylic acids is 2. The van der Waals surface area contributed by atoms with Crippen LogP contribution in [0, 0.1) is 0 Å². The van der Waals surface area contributed by atoms with Crippen molar-refractivity contribution in [2.45, 2.75) is 34.3 Å². The average molecular weight is 333 g/mol. The van der Waals surface area contributed by atoms with Gasteiger partial charge in [0.25, 0.3) is 0 Å². The minimum Gasteiger partial charge on any atom is -0.457 e. The molecule has 21 heavy (non-hydrogen) atoms. The van der Waals surface area contributed by atoms with Crippen LogP contribution in [0.5, 0.6) is 0 Å². The summed E-state index contributed by atoms with van der Waals surface area (Å²) < 4.78 is 35.7. The maximum absolute atomic E-state index is 12.2. The molecule has 5 unspecified atom stereocenters. The zero-order valence-corrected chi connectivity index (χ0v) is 12.9. The number of rotatable bonds is 4. The lowest BCUT2D eigenvalue weighted by atomic mass is 9.92. The van der Waals surface area contributed by atoms with Crippen LogP contribution < -0.4 is 0 Å². The third kappa shape index (κ3) is 2.18. The molecule has 3 rings (SSSR count). The zero-order valence-electron chi connectivity index (χ0n) is 11.3. The summed E-state index contributed by atoms with van der Waals surface area (Å²) in [6.07, 6.45) is 0.985. The fourth-order valence-electron chi connectivity index (χ4n) is 3.24. The monoisotopic (exact) mass is 333 g/mol. The van der Waals surface area contributed by atoms with Crippen molar-refractivity contribution in [2.75, 3.05) is 13.7 Å². The first-order valence-corrected chi connectivity index (χ1v) is 8.92. The van der Waals surface area contributed by atoms with Gasteiger partial charge in [0.15, 0.2) is 6.61 Å². The van der Waals surface area contributed by atoms with Crippen LogP contribution in [0.15, 0.2) is 12.7 Å². The quantitative estimate of drug-likeness (QED) is 0.507. The number of ether oxygens (including phenoxy) is 2. The van der Waals surface area contributed by atoms with Gasteiger partial charge in [-0.15, -0.1) is 11.8 Å². The van der Waals surface area contributed by atoms with Gasteiger partial charge in [-0.05, 0) is 6.42 Å². The molecule has 0 amide bonds. The number of thioether (sulfide) groups is 1. The molecular formula is C12H15NO6S2. The predicted octanol–water partition coefficient (Wildman–Crippen LogP) is -0.473. The topological polar surface area (TPSA) is 90.0 Å². The molecule has 116 valence electrons. The number of likely N-dealkylation sites (N-methyl/N-ethyl adjacent to an activating group) is 1. The Kier molecular flexibility index (Phi) is 3.53. The number of fused-ring (bicyclic) bond motifs is 1. The van der Waals surface area contributed by atoms with Crippen LogP contribution in [0.25, 0.3) is 0 Å². The van der Waals surface area contributed by atoms with Gasteiger partial charge in [-0.25, -0.2) is 18.0 Å². The van der Waals surface area contributed by atoms with Crippen LogP contribution in [0.2, 0.25) is 0 Å². The van der Waals surface area contributed by atoms with Gasteiger partial charge in [-0.3, -0.25) is 0 Å². The molecule has 0 aromatic rings. The maximum Gasteiger partial charge on any atom is 0.344 e. The van der Waals surface area contributed by atoms with Crippen LogP contribution >= 0.6 is 11.8 Å². The van der Waals surface area contributed by atoms with Gasteiger partial charge in [-0.2, -0.15) is 4.31 Å². The Morgan fingerprint density at radius 3 is 2.86 bits per heavy atom. The van der Waals surface area contributed by atoms with Crippen molar-refractivity contribution in [1.29, 1.82) is 0 Å². The molecule has 5 atom stereocenters. The highest BCUT2D eigenvalue weighted by Crippen LogP contribution is 2.56. The van der Waals surface area contributed by atoms with Crippen molar-refractivity contribution in [2.24, 2.45) is 0 Å². The van der Waals surface area contributed by atoms with Crippen molar-refractivity contribution in [3.8, 4) is 0 Å². The third-order valence-corrected chi connectivity index (χ3v) is 8.37. The Balaban J connectivity index is 1.67. The fourth-order valence-corrected chi connectivity index (χ4v) is 7.89. The van der Waals surface area contributed by atoms with Crippen molar-refractivity contribution < 1.29 is 27.5 Å². The third-order valence-electron chi connectivity index (χ3n) is 4.17. The van der Waals surface area contributed by atoms with Crippen LogP contribution in [0.4, 0.5) is 0 Å². The second-order valence-electron chi connectivity index (χ2n) is 5.23. The molecule has 2 bridgehead atoms. The van der Waals surface area contributed by atoms with E-state index in [2.05, 4.69) is 11.3 Å². The van der Waals surface area contributed by atoms with E-state index in [-0.39, 0.29) is 21.8 Å². The lowest BCUT2D eigenvalue weighted by molar-refractivity contribution is -0.161. The van der Waals surface area contributed by atoms with Gasteiger partial charge in [0, 0.05) is 23.6 Å². The van der Waals surface area contributed by atoms with E-state index in [0.29, 0.717) is 6.42 Å². The van der Waals surface area contributed by atoms with E-state index in [9.17, 15) is 18.0 Å². The number of hydrogen-bond donors (Lipinski definition) is 0. The van der Waals surface area contributed by atoms with Crippen molar-refractivity contribution in [3.63, 3.8) is 0 Å². The fraction of sp³-hybridized carbons (Fsp3) is 0.667. The van der Waals surface area contributed by atoms with Crippen molar-refractivity contribution in [1.82, 2.24) is 4.31 Å². The van der Waals surface area contributed by atoms with Gasteiger partial charge in [0.05, 0.1) is 11.3 Å². The number of nitrogens with zero attached hydrogens (tertiary/aromatic N) is 1. The second kappa shape index (κ2) is 4.99.